The van der Waals surface area contributed by atoms with Gasteiger partial charge in [-0.2, -0.15) is 0 Å². The van der Waals surface area contributed by atoms with Crippen molar-refractivity contribution in [3.05, 3.63) is 39.8 Å². The summed E-state index contributed by atoms with van der Waals surface area (Å²) in [6.07, 6.45) is 0.904. The molecule has 0 spiro atoms. The predicted octanol–water partition coefficient (Wildman–Crippen LogP) is 3.58. The van der Waals surface area contributed by atoms with Crippen molar-refractivity contribution in [2.24, 2.45) is 0 Å². The lowest BCUT2D eigenvalue weighted by Crippen LogP contribution is -2.50. The normalized spacial score (nSPS) is 17.1. The maximum atomic E-state index is 12.6. The van der Waals surface area contributed by atoms with Gasteiger partial charge in [0.25, 0.3) is 0 Å². The van der Waals surface area contributed by atoms with Crippen molar-refractivity contribution >= 4 is 23.1 Å². The monoisotopic (exact) mass is 388 g/mol. The molecule has 1 atom stereocenters. The molecular formula is C20H28N4O2S. The van der Waals surface area contributed by atoms with E-state index in [4.69, 9.17) is 4.74 Å². The molecule has 0 saturated carbocycles. The van der Waals surface area contributed by atoms with Crippen LogP contribution in [0.25, 0.3) is 0 Å². The van der Waals surface area contributed by atoms with Crippen LogP contribution >= 0.6 is 11.3 Å². The molecule has 1 aromatic heterocycles. The van der Waals surface area contributed by atoms with E-state index in [-0.39, 0.29) is 12.1 Å². The zero-order chi connectivity index (χ0) is 19.6. The van der Waals surface area contributed by atoms with Crippen LogP contribution in [0.3, 0.4) is 0 Å². The highest BCUT2D eigenvalue weighted by molar-refractivity contribution is 7.11. The molecule has 6 nitrogen and oxygen atoms in total. The molecule has 0 aliphatic carbocycles. The molecule has 0 bridgehead atoms. The van der Waals surface area contributed by atoms with Gasteiger partial charge in [-0.05, 0) is 46.2 Å². The highest BCUT2D eigenvalue weighted by Gasteiger charge is 2.30. The first-order valence-corrected chi connectivity index (χ1v) is 10.0. The molecule has 27 heavy (non-hydrogen) atoms. The molecule has 1 saturated heterocycles. The molecule has 2 aromatic rings. The van der Waals surface area contributed by atoms with Gasteiger partial charge in [-0.15, -0.1) is 11.3 Å². The number of methoxy groups -OCH3 is 1. The lowest BCUT2D eigenvalue weighted by molar-refractivity contribution is 0.227. The van der Waals surface area contributed by atoms with E-state index >= 15 is 0 Å². The fraction of sp³-hybridized carbons (Fsp3) is 0.500. The second-order valence-electron chi connectivity index (χ2n) is 7.49. The number of aryl methyl sites for hydroxylation is 2. The number of urea groups is 1. The van der Waals surface area contributed by atoms with Crippen molar-refractivity contribution in [1.29, 1.82) is 0 Å². The molecular weight excluding hydrogens is 360 g/mol. The largest absolute Gasteiger partial charge is 0.495 e. The summed E-state index contributed by atoms with van der Waals surface area (Å²) in [6, 6.07) is 7.93. The summed E-state index contributed by atoms with van der Waals surface area (Å²) in [4.78, 5) is 20.6. The zero-order valence-corrected chi connectivity index (χ0v) is 17.4. The van der Waals surface area contributed by atoms with Gasteiger partial charge in [-0.25, -0.2) is 9.78 Å². The number of carbonyl (C=O) groups is 1. The summed E-state index contributed by atoms with van der Waals surface area (Å²) in [5.74, 6) is 0.859. The van der Waals surface area contributed by atoms with E-state index in [0.717, 1.165) is 41.6 Å². The smallest absolute Gasteiger partial charge is 0.315 e. The van der Waals surface area contributed by atoms with Gasteiger partial charge in [0, 0.05) is 24.0 Å². The SMILES string of the molecule is COc1ccccc1N1CCC(NC(=O)NC(C)(C)c2nc(C)c(C)s2)C1. The number of ether oxygens (including phenoxy) is 1. The summed E-state index contributed by atoms with van der Waals surface area (Å²) in [6.45, 7) is 9.68. The third kappa shape index (κ3) is 4.35. The van der Waals surface area contributed by atoms with Crippen LogP contribution in [0.15, 0.2) is 24.3 Å². The maximum Gasteiger partial charge on any atom is 0.315 e. The van der Waals surface area contributed by atoms with Gasteiger partial charge in [0.15, 0.2) is 0 Å². The Morgan fingerprint density at radius 1 is 1.33 bits per heavy atom. The number of hydrogen-bond acceptors (Lipinski definition) is 5. The number of anilines is 1. The van der Waals surface area contributed by atoms with Crippen molar-refractivity contribution in [3.8, 4) is 5.75 Å². The van der Waals surface area contributed by atoms with Gasteiger partial charge in [0.05, 0.1) is 24.0 Å². The molecule has 1 fully saturated rings. The number of amides is 2. The standard InChI is InChI=1S/C20H28N4O2S/c1-13-14(2)27-18(21-13)20(3,4)23-19(25)22-15-10-11-24(12-15)16-8-6-7-9-17(16)26-5/h6-9,15H,10-12H2,1-5H3,(H2,22,23,25). The van der Waals surface area contributed by atoms with Crippen LogP contribution in [0.5, 0.6) is 5.75 Å². The number of nitrogens with one attached hydrogen (secondary N) is 2. The fourth-order valence-corrected chi connectivity index (χ4v) is 4.26. The summed E-state index contributed by atoms with van der Waals surface area (Å²) in [7, 11) is 1.68. The lowest BCUT2D eigenvalue weighted by Gasteiger charge is -2.25. The maximum absolute atomic E-state index is 12.6. The van der Waals surface area contributed by atoms with Crippen LogP contribution in [0.4, 0.5) is 10.5 Å². The molecule has 1 aliphatic rings. The van der Waals surface area contributed by atoms with Crippen molar-refractivity contribution in [3.63, 3.8) is 0 Å². The average Bonchev–Trinajstić information content (AvgIpc) is 3.21. The lowest BCUT2D eigenvalue weighted by atomic mass is 10.1. The quantitative estimate of drug-likeness (QED) is 0.822. The molecule has 146 valence electrons. The third-order valence-corrected chi connectivity index (χ3v) is 6.34. The fourth-order valence-electron chi connectivity index (χ4n) is 3.29. The van der Waals surface area contributed by atoms with Crippen molar-refractivity contribution in [2.75, 3.05) is 25.1 Å². The van der Waals surface area contributed by atoms with Crippen LogP contribution in [-0.2, 0) is 5.54 Å². The first-order valence-electron chi connectivity index (χ1n) is 9.21. The number of benzene rings is 1. The molecule has 2 N–H and O–H groups in total. The minimum absolute atomic E-state index is 0.102. The van der Waals surface area contributed by atoms with Gasteiger partial charge < -0.3 is 20.3 Å². The van der Waals surface area contributed by atoms with E-state index in [2.05, 4.69) is 33.5 Å². The number of rotatable bonds is 5. The molecule has 2 heterocycles. The third-order valence-electron chi connectivity index (χ3n) is 4.94. The van der Waals surface area contributed by atoms with Crippen molar-refractivity contribution < 1.29 is 9.53 Å². The second kappa shape index (κ2) is 7.76. The molecule has 1 unspecified atom stereocenters. The van der Waals surface area contributed by atoms with E-state index in [1.165, 1.54) is 4.88 Å². The van der Waals surface area contributed by atoms with E-state index in [1.807, 2.05) is 39.0 Å². The molecule has 1 aromatic carbocycles. The summed E-state index contributed by atoms with van der Waals surface area (Å²) >= 11 is 1.63. The van der Waals surface area contributed by atoms with Crippen LogP contribution in [-0.4, -0.2) is 37.3 Å². The first kappa shape index (κ1) is 19.5. The van der Waals surface area contributed by atoms with Gasteiger partial charge in [-0.1, -0.05) is 12.1 Å². The number of carbonyl (C=O) groups excluding carboxylic acids is 1. The highest BCUT2D eigenvalue weighted by atomic mass is 32.1. The van der Waals surface area contributed by atoms with E-state index in [0.29, 0.717) is 0 Å². The summed E-state index contributed by atoms with van der Waals surface area (Å²) < 4.78 is 5.45. The minimum atomic E-state index is -0.505. The van der Waals surface area contributed by atoms with Gasteiger partial charge in [0.1, 0.15) is 10.8 Å². The van der Waals surface area contributed by atoms with Crippen LogP contribution < -0.4 is 20.3 Å². The number of aromatic nitrogens is 1. The van der Waals surface area contributed by atoms with Crippen LogP contribution in [0.2, 0.25) is 0 Å². The molecule has 3 rings (SSSR count). The highest BCUT2D eigenvalue weighted by Crippen LogP contribution is 2.30. The Morgan fingerprint density at radius 3 is 2.74 bits per heavy atom. The Bertz CT molecular complexity index is 799. The summed E-state index contributed by atoms with van der Waals surface area (Å²) in [5.41, 5.74) is 1.58. The number of thiazole rings is 1. The second-order valence-corrected chi connectivity index (χ2v) is 8.69. The Morgan fingerprint density at radius 2 is 2.07 bits per heavy atom. The Balaban J connectivity index is 1.59. The topological polar surface area (TPSA) is 66.5 Å². The number of hydrogen-bond donors (Lipinski definition) is 2. The van der Waals surface area contributed by atoms with E-state index in [9.17, 15) is 4.79 Å². The molecule has 2 amide bonds. The average molecular weight is 389 g/mol. The van der Waals surface area contributed by atoms with Crippen molar-refractivity contribution in [1.82, 2.24) is 15.6 Å². The predicted molar refractivity (Wildman–Crippen MR) is 110 cm³/mol. The van der Waals surface area contributed by atoms with Crippen LogP contribution in [0.1, 0.15) is 35.8 Å². The molecule has 7 heteroatoms. The Labute approximate surface area is 164 Å². The number of para-hydroxylation sites is 2. The van der Waals surface area contributed by atoms with E-state index in [1.54, 1.807) is 18.4 Å². The Kier molecular flexibility index (Phi) is 5.60. The summed E-state index contributed by atoms with van der Waals surface area (Å²) in [5, 5.41) is 7.11. The van der Waals surface area contributed by atoms with Crippen LogP contribution in [0, 0.1) is 13.8 Å². The molecule has 1 aliphatic heterocycles. The van der Waals surface area contributed by atoms with Gasteiger partial charge in [0.2, 0.25) is 0 Å². The Hall–Kier alpha value is -2.28. The van der Waals surface area contributed by atoms with Gasteiger partial charge in [-0.3, -0.25) is 0 Å². The number of nitrogens with zero attached hydrogens (tertiary/aromatic N) is 2. The zero-order valence-electron chi connectivity index (χ0n) is 16.6. The molecule has 0 radical (unpaired) electrons. The minimum Gasteiger partial charge on any atom is -0.495 e. The first-order chi connectivity index (χ1) is 12.8. The van der Waals surface area contributed by atoms with Crippen molar-refractivity contribution in [2.45, 2.75) is 45.7 Å². The van der Waals surface area contributed by atoms with E-state index < -0.39 is 5.54 Å². The van der Waals surface area contributed by atoms with Gasteiger partial charge >= 0.3 is 6.03 Å².